The number of rotatable bonds is 5. The summed E-state index contributed by atoms with van der Waals surface area (Å²) in [5.74, 6) is -0.484. The molecule has 1 aliphatic heterocycles. The summed E-state index contributed by atoms with van der Waals surface area (Å²) in [6, 6.07) is 18.2. The number of halogens is 2. The van der Waals surface area contributed by atoms with Gasteiger partial charge in [0.2, 0.25) is 11.8 Å². The van der Waals surface area contributed by atoms with Crippen LogP contribution in [0.15, 0.2) is 71.2 Å². The number of nitrogens with zero attached hydrogens (tertiary/aromatic N) is 1. The number of hydrogen-bond donors (Lipinski definition) is 1. The van der Waals surface area contributed by atoms with E-state index >= 15 is 0 Å². The van der Waals surface area contributed by atoms with Crippen molar-refractivity contribution in [2.75, 3.05) is 17.3 Å². The number of piperidine rings is 1. The summed E-state index contributed by atoms with van der Waals surface area (Å²) in [5.41, 5.74) is 3.00. The predicted molar refractivity (Wildman–Crippen MR) is 130 cm³/mol. The molecule has 1 fully saturated rings. The van der Waals surface area contributed by atoms with Crippen molar-refractivity contribution >= 4 is 39.1 Å². The second-order valence-electron chi connectivity index (χ2n) is 8.05. The van der Waals surface area contributed by atoms with Gasteiger partial charge in [0.15, 0.2) is 0 Å². The zero-order valence-electron chi connectivity index (χ0n) is 18.3. The minimum Gasteiger partial charge on any atom is -0.497 e. The molecule has 3 aromatic carbocycles. The minimum absolute atomic E-state index is 0.0848. The van der Waals surface area contributed by atoms with E-state index in [2.05, 4.69) is 21.2 Å². The molecule has 1 aliphatic rings. The van der Waals surface area contributed by atoms with Crippen LogP contribution in [0.3, 0.4) is 0 Å². The lowest BCUT2D eigenvalue weighted by Gasteiger charge is -2.41. The van der Waals surface area contributed by atoms with Crippen LogP contribution in [0, 0.1) is 18.7 Å². The van der Waals surface area contributed by atoms with Crippen molar-refractivity contribution in [2.45, 2.75) is 25.8 Å². The van der Waals surface area contributed by atoms with Crippen molar-refractivity contribution in [1.29, 1.82) is 0 Å². The summed E-state index contributed by atoms with van der Waals surface area (Å²) in [6.45, 7) is 1.92. The number of carbonyl (C=O) groups is 2. The van der Waals surface area contributed by atoms with Gasteiger partial charge in [-0.05, 0) is 79.1 Å². The highest BCUT2D eigenvalue weighted by molar-refractivity contribution is 9.10. The molecular formula is C26H24BrFN2O3. The van der Waals surface area contributed by atoms with Crippen molar-refractivity contribution < 1.29 is 18.7 Å². The largest absolute Gasteiger partial charge is 0.497 e. The van der Waals surface area contributed by atoms with E-state index in [4.69, 9.17) is 4.74 Å². The first-order chi connectivity index (χ1) is 15.9. The lowest BCUT2D eigenvalue weighted by molar-refractivity contribution is -0.125. The average Bonchev–Trinajstić information content (AvgIpc) is 2.81. The van der Waals surface area contributed by atoms with Gasteiger partial charge in [-0.3, -0.25) is 9.59 Å². The Hall–Kier alpha value is -3.19. The van der Waals surface area contributed by atoms with Crippen molar-refractivity contribution in [3.05, 3.63) is 88.1 Å². The monoisotopic (exact) mass is 510 g/mol. The first-order valence-electron chi connectivity index (χ1n) is 10.7. The maximum absolute atomic E-state index is 13.7. The molecular weight excluding hydrogens is 487 g/mol. The molecule has 2 atom stereocenters. The Morgan fingerprint density at radius 2 is 1.79 bits per heavy atom. The number of nitrogens with one attached hydrogen (secondary N) is 1. The highest BCUT2D eigenvalue weighted by atomic mass is 79.9. The molecule has 0 aliphatic carbocycles. The molecule has 0 aromatic heterocycles. The van der Waals surface area contributed by atoms with Crippen LogP contribution in [0.5, 0.6) is 5.75 Å². The molecule has 7 heteroatoms. The second kappa shape index (κ2) is 9.75. The smallest absolute Gasteiger partial charge is 0.229 e. The van der Waals surface area contributed by atoms with E-state index in [1.54, 1.807) is 48.4 Å². The maximum atomic E-state index is 13.7. The Kier molecular flexibility index (Phi) is 6.79. The Morgan fingerprint density at radius 1 is 1.09 bits per heavy atom. The number of methoxy groups -OCH3 is 1. The molecule has 0 unspecified atom stereocenters. The molecule has 1 saturated heterocycles. The standard InChI is InChI=1S/C26H24BrFN2O3/c1-16-15-18(27)5-13-23(16)29-26(32)22-12-14-24(31)30(20-8-10-21(33-2)11-9-20)25(22)17-3-6-19(28)7-4-17/h3-11,13,15,22,25H,12,14H2,1-2H3,(H,29,32)/t22-,25+/m0/s1. The molecule has 3 aromatic rings. The van der Waals surface area contributed by atoms with Gasteiger partial charge < -0.3 is 15.0 Å². The highest BCUT2D eigenvalue weighted by Crippen LogP contribution is 2.41. The molecule has 2 amide bonds. The number of carbonyl (C=O) groups excluding carboxylic acids is 2. The molecule has 5 nitrogen and oxygen atoms in total. The van der Waals surface area contributed by atoms with E-state index in [1.807, 2.05) is 25.1 Å². The normalized spacial score (nSPS) is 18.2. The average molecular weight is 511 g/mol. The Morgan fingerprint density at radius 3 is 2.42 bits per heavy atom. The molecule has 4 rings (SSSR count). The number of anilines is 2. The van der Waals surface area contributed by atoms with Crippen molar-refractivity contribution in [1.82, 2.24) is 0 Å². The van der Waals surface area contributed by atoms with Crippen LogP contribution >= 0.6 is 15.9 Å². The van der Waals surface area contributed by atoms with Crippen molar-refractivity contribution in [2.24, 2.45) is 5.92 Å². The highest BCUT2D eigenvalue weighted by Gasteiger charge is 2.41. The first-order valence-corrected chi connectivity index (χ1v) is 11.5. The van der Waals surface area contributed by atoms with Crippen molar-refractivity contribution in [3.8, 4) is 5.75 Å². The van der Waals surface area contributed by atoms with Crippen LogP contribution in [-0.2, 0) is 9.59 Å². The third-order valence-electron chi connectivity index (χ3n) is 5.94. The SMILES string of the molecule is COc1ccc(N2C(=O)CC[C@H](C(=O)Nc3ccc(Br)cc3C)[C@H]2c2ccc(F)cc2)cc1. The van der Waals surface area contributed by atoms with Crippen LogP contribution in [-0.4, -0.2) is 18.9 Å². The zero-order valence-corrected chi connectivity index (χ0v) is 19.9. The predicted octanol–water partition coefficient (Wildman–Crippen LogP) is 6.03. The molecule has 0 saturated carbocycles. The summed E-state index contributed by atoms with van der Waals surface area (Å²) in [5, 5.41) is 3.03. The topological polar surface area (TPSA) is 58.6 Å². The molecule has 1 heterocycles. The molecule has 0 spiro atoms. The van der Waals surface area contributed by atoms with Gasteiger partial charge in [0.05, 0.1) is 19.1 Å². The van der Waals surface area contributed by atoms with Crippen LogP contribution < -0.4 is 15.0 Å². The molecule has 1 N–H and O–H groups in total. The van der Waals surface area contributed by atoms with E-state index in [9.17, 15) is 14.0 Å². The van der Waals surface area contributed by atoms with Crippen molar-refractivity contribution in [3.63, 3.8) is 0 Å². The number of hydrogen-bond acceptors (Lipinski definition) is 3. The van der Waals surface area contributed by atoms with Gasteiger partial charge in [-0.15, -0.1) is 0 Å². The van der Waals surface area contributed by atoms with Crippen LogP contribution in [0.1, 0.15) is 30.0 Å². The van der Waals surface area contributed by atoms with E-state index in [0.717, 1.165) is 10.0 Å². The maximum Gasteiger partial charge on any atom is 0.229 e. The lowest BCUT2D eigenvalue weighted by atomic mass is 9.83. The fourth-order valence-electron chi connectivity index (χ4n) is 4.25. The lowest BCUT2D eigenvalue weighted by Crippen LogP contribution is -2.47. The Bertz CT molecular complexity index is 1170. The zero-order chi connectivity index (χ0) is 23.5. The fourth-order valence-corrected chi connectivity index (χ4v) is 4.72. The summed E-state index contributed by atoms with van der Waals surface area (Å²) >= 11 is 3.44. The van der Waals surface area contributed by atoms with Crippen LogP contribution in [0.25, 0.3) is 0 Å². The van der Waals surface area contributed by atoms with E-state index < -0.39 is 12.0 Å². The number of aryl methyl sites for hydroxylation is 1. The summed E-state index contributed by atoms with van der Waals surface area (Å²) < 4.78 is 19.8. The molecule has 0 bridgehead atoms. The molecule has 0 radical (unpaired) electrons. The van der Waals surface area contributed by atoms with Crippen LogP contribution in [0.2, 0.25) is 0 Å². The fraction of sp³-hybridized carbons (Fsp3) is 0.231. The van der Waals surface area contributed by atoms with Gasteiger partial charge in [-0.1, -0.05) is 28.1 Å². The van der Waals surface area contributed by atoms with Gasteiger partial charge in [0.1, 0.15) is 11.6 Å². The Labute approximate surface area is 200 Å². The minimum atomic E-state index is -0.573. The number of benzene rings is 3. The van der Waals surface area contributed by atoms with E-state index in [-0.39, 0.29) is 24.1 Å². The summed E-state index contributed by atoms with van der Waals surface area (Å²) in [7, 11) is 1.58. The molecule has 170 valence electrons. The van der Waals surface area contributed by atoms with Gasteiger partial charge in [0.25, 0.3) is 0 Å². The summed E-state index contributed by atoms with van der Waals surface area (Å²) in [6.07, 6.45) is 0.635. The molecule has 33 heavy (non-hydrogen) atoms. The first kappa shape index (κ1) is 23.0. The quantitative estimate of drug-likeness (QED) is 0.455. The second-order valence-corrected chi connectivity index (χ2v) is 8.97. The van der Waals surface area contributed by atoms with Gasteiger partial charge in [0, 0.05) is 22.3 Å². The van der Waals surface area contributed by atoms with Gasteiger partial charge in [-0.25, -0.2) is 4.39 Å². The van der Waals surface area contributed by atoms with E-state index in [0.29, 0.717) is 29.1 Å². The van der Waals surface area contributed by atoms with Gasteiger partial charge >= 0.3 is 0 Å². The third-order valence-corrected chi connectivity index (χ3v) is 6.44. The number of ether oxygens (including phenoxy) is 1. The van der Waals surface area contributed by atoms with Gasteiger partial charge in [-0.2, -0.15) is 0 Å². The van der Waals surface area contributed by atoms with E-state index in [1.165, 1.54) is 12.1 Å². The third kappa shape index (κ3) is 4.93. The van der Waals surface area contributed by atoms with Crippen LogP contribution in [0.4, 0.5) is 15.8 Å². The summed E-state index contributed by atoms with van der Waals surface area (Å²) in [4.78, 5) is 28.2. The number of amides is 2. The Balaban J connectivity index is 1.73.